The number of aryl methyl sites for hydroxylation is 2. The molecule has 0 amide bonds. The molecule has 3 saturated heterocycles. The predicted octanol–water partition coefficient (Wildman–Crippen LogP) is 2.51. The minimum Gasteiger partial charge on any atom is -0.611 e. The first-order valence-corrected chi connectivity index (χ1v) is 12.7. The van der Waals surface area contributed by atoms with Crippen LogP contribution in [0, 0.1) is 6.92 Å². The Morgan fingerprint density at radius 3 is 2.71 bits per heavy atom. The maximum Gasteiger partial charge on any atom is 0.228 e. The number of nitrogens with one attached hydrogen (secondary N) is 1. The minimum absolute atomic E-state index is 0.324. The van der Waals surface area contributed by atoms with E-state index in [1.807, 2.05) is 0 Å². The zero-order chi connectivity index (χ0) is 20.9. The van der Waals surface area contributed by atoms with Gasteiger partial charge in [0, 0.05) is 50.5 Å². The van der Waals surface area contributed by atoms with E-state index in [-0.39, 0.29) is 0 Å². The second-order valence-corrected chi connectivity index (χ2v) is 10.7. The molecule has 164 valence electrons. The average molecular weight is 440 g/mol. The van der Waals surface area contributed by atoms with E-state index < -0.39 is 11.2 Å². The van der Waals surface area contributed by atoms with Crippen LogP contribution in [0.15, 0.2) is 29.2 Å². The fraction of sp³-hybridized carbons (Fsp3) is 0.565. The first-order valence-electron chi connectivity index (χ1n) is 11.4. The monoisotopic (exact) mass is 439 g/mol. The molecule has 1 N–H and O–H groups in total. The number of nitrogens with zero attached hydrogens (tertiary/aromatic N) is 4. The molecule has 4 aliphatic heterocycles. The van der Waals surface area contributed by atoms with Crippen molar-refractivity contribution in [1.82, 2.24) is 9.97 Å². The van der Waals surface area contributed by atoms with E-state index in [4.69, 9.17) is 14.7 Å². The van der Waals surface area contributed by atoms with E-state index >= 15 is 0 Å². The maximum atomic E-state index is 12.7. The van der Waals surface area contributed by atoms with Gasteiger partial charge in [0.05, 0.1) is 6.04 Å². The van der Waals surface area contributed by atoms with Crippen LogP contribution < -0.4 is 15.1 Å². The van der Waals surface area contributed by atoms with Crippen molar-refractivity contribution in [3.8, 4) is 0 Å². The molecule has 0 saturated carbocycles. The molecule has 3 atom stereocenters. The summed E-state index contributed by atoms with van der Waals surface area (Å²) in [5.41, 5.74) is 3.59. The van der Waals surface area contributed by atoms with Gasteiger partial charge in [-0.15, -0.1) is 0 Å². The molecule has 2 unspecified atom stereocenters. The summed E-state index contributed by atoms with van der Waals surface area (Å²) in [5.74, 6) is 2.26. The summed E-state index contributed by atoms with van der Waals surface area (Å²) in [4.78, 5) is 15.6. The van der Waals surface area contributed by atoms with Crippen molar-refractivity contribution in [2.75, 3.05) is 47.2 Å². The third-order valence-electron chi connectivity index (χ3n) is 7.07. The molecule has 0 radical (unpaired) electrons. The number of ether oxygens (including phenoxy) is 1. The zero-order valence-corrected chi connectivity index (χ0v) is 18.7. The number of rotatable bonds is 4. The Bertz CT molecular complexity index is 982. The lowest BCUT2D eigenvalue weighted by molar-refractivity contribution is 0.0903. The van der Waals surface area contributed by atoms with E-state index in [0.29, 0.717) is 23.9 Å². The molecule has 7 nitrogen and oxygen atoms in total. The van der Waals surface area contributed by atoms with Crippen LogP contribution in [0.3, 0.4) is 0 Å². The number of hydrogen-bond donors (Lipinski definition) is 1. The fourth-order valence-electron chi connectivity index (χ4n) is 5.48. The van der Waals surface area contributed by atoms with Crippen molar-refractivity contribution in [3.05, 3.63) is 35.5 Å². The van der Waals surface area contributed by atoms with Crippen LogP contribution >= 0.6 is 0 Å². The number of fused-ring (bicyclic) bond motifs is 3. The van der Waals surface area contributed by atoms with Gasteiger partial charge in [-0.2, -0.15) is 4.98 Å². The van der Waals surface area contributed by atoms with Gasteiger partial charge in [-0.3, -0.25) is 0 Å². The molecule has 3 fully saturated rings. The number of anilines is 3. The van der Waals surface area contributed by atoms with E-state index in [1.54, 1.807) is 0 Å². The molecule has 1 aromatic carbocycles. The van der Waals surface area contributed by atoms with Crippen molar-refractivity contribution >= 4 is 28.6 Å². The molecule has 0 spiro atoms. The van der Waals surface area contributed by atoms with E-state index in [2.05, 4.69) is 46.3 Å². The smallest absolute Gasteiger partial charge is 0.228 e. The standard InChI is InChI=1S/C23H29N5O2S/c1-15-3-2-4-17(11-15)27-13-19-12-18(27)14-28(19)23-25-20-7-10-31(29)21(20)22(26-23)24-16-5-8-30-9-6-16/h2-4,11,16,18-19H,5-10,12-14H2,1H3,(H,24,25,26)/t18-,19?,31?/m1/s1. The summed E-state index contributed by atoms with van der Waals surface area (Å²) in [5, 5.41) is 3.60. The van der Waals surface area contributed by atoms with Gasteiger partial charge in [0.15, 0.2) is 5.82 Å². The van der Waals surface area contributed by atoms with Gasteiger partial charge in [0.1, 0.15) is 11.4 Å². The van der Waals surface area contributed by atoms with E-state index in [1.165, 1.54) is 11.3 Å². The molecule has 4 aliphatic rings. The van der Waals surface area contributed by atoms with Crippen LogP contribution in [0.1, 0.15) is 30.5 Å². The van der Waals surface area contributed by atoms with Gasteiger partial charge in [-0.25, -0.2) is 4.98 Å². The quantitative estimate of drug-likeness (QED) is 0.734. The highest BCUT2D eigenvalue weighted by Crippen LogP contribution is 2.39. The lowest BCUT2D eigenvalue weighted by Gasteiger charge is -2.36. The van der Waals surface area contributed by atoms with Crippen LogP contribution in [0.5, 0.6) is 0 Å². The normalized spacial score (nSPS) is 27.7. The number of benzene rings is 1. The van der Waals surface area contributed by atoms with Crippen LogP contribution in [0.2, 0.25) is 0 Å². The first kappa shape index (κ1) is 19.6. The lowest BCUT2D eigenvalue weighted by Crippen LogP contribution is -2.47. The molecule has 1 aromatic heterocycles. The van der Waals surface area contributed by atoms with Crippen LogP contribution in [0.4, 0.5) is 17.5 Å². The minimum atomic E-state index is -1.00. The van der Waals surface area contributed by atoms with Crippen LogP contribution in [-0.4, -0.2) is 64.7 Å². The Balaban J connectivity index is 1.26. The topological polar surface area (TPSA) is 76.6 Å². The molecular formula is C23H29N5O2S. The van der Waals surface area contributed by atoms with Crippen molar-refractivity contribution in [2.24, 2.45) is 0 Å². The Labute approximate surface area is 186 Å². The second kappa shape index (κ2) is 7.83. The zero-order valence-electron chi connectivity index (χ0n) is 17.9. The first-order chi connectivity index (χ1) is 15.2. The summed E-state index contributed by atoms with van der Waals surface area (Å²) in [6, 6.07) is 10.0. The van der Waals surface area contributed by atoms with Crippen molar-refractivity contribution in [2.45, 2.75) is 55.6 Å². The predicted molar refractivity (Wildman–Crippen MR) is 123 cm³/mol. The maximum absolute atomic E-state index is 12.7. The van der Waals surface area contributed by atoms with Crippen LogP contribution in [-0.2, 0) is 22.3 Å². The SMILES string of the molecule is Cc1cccc(N2CC3C[C@@H]2CN3c2nc3c(c(NC4CCOCC4)n2)[S+]([O-])CC3)c1. The largest absolute Gasteiger partial charge is 0.611 e. The average Bonchev–Trinajstić information content (AvgIpc) is 3.49. The summed E-state index contributed by atoms with van der Waals surface area (Å²) in [6.45, 7) is 5.64. The summed E-state index contributed by atoms with van der Waals surface area (Å²) in [6.07, 6.45) is 3.83. The van der Waals surface area contributed by atoms with Gasteiger partial charge < -0.3 is 24.4 Å². The Morgan fingerprint density at radius 2 is 1.94 bits per heavy atom. The molecule has 0 aliphatic carbocycles. The lowest BCUT2D eigenvalue weighted by atomic mass is 10.1. The third-order valence-corrected chi connectivity index (χ3v) is 8.53. The van der Waals surface area contributed by atoms with Crippen LogP contribution in [0.25, 0.3) is 0 Å². The highest BCUT2D eigenvalue weighted by molar-refractivity contribution is 7.91. The van der Waals surface area contributed by atoms with Gasteiger partial charge in [0.2, 0.25) is 10.8 Å². The second-order valence-electron chi connectivity index (χ2n) is 9.17. The molecule has 5 heterocycles. The number of aromatic nitrogens is 2. The van der Waals surface area contributed by atoms with Crippen molar-refractivity contribution in [1.29, 1.82) is 0 Å². The van der Waals surface area contributed by atoms with E-state index in [9.17, 15) is 4.55 Å². The van der Waals surface area contributed by atoms with Gasteiger partial charge >= 0.3 is 0 Å². The number of hydrogen-bond acceptors (Lipinski definition) is 7. The molecule has 2 aromatic rings. The van der Waals surface area contributed by atoms with Gasteiger partial charge in [0.25, 0.3) is 0 Å². The Morgan fingerprint density at radius 1 is 1.13 bits per heavy atom. The van der Waals surface area contributed by atoms with E-state index in [0.717, 1.165) is 74.3 Å². The molecular weight excluding hydrogens is 410 g/mol. The summed E-state index contributed by atoms with van der Waals surface area (Å²) in [7, 11) is 0. The van der Waals surface area contributed by atoms with Crippen molar-refractivity contribution in [3.63, 3.8) is 0 Å². The molecule has 6 rings (SSSR count). The highest BCUT2D eigenvalue weighted by Gasteiger charge is 2.45. The van der Waals surface area contributed by atoms with Gasteiger partial charge in [-0.1, -0.05) is 12.1 Å². The molecule has 2 bridgehead atoms. The Kier molecular flexibility index (Phi) is 4.96. The van der Waals surface area contributed by atoms with Gasteiger partial charge in [-0.05, 0) is 55.1 Å². The third kappa shape index (κ3) is 3.54. The Hall–Kier alpha value is -2.03. The highest BCUT2D eigenvalue weighted by atomic mass is 32.2. The molecule has 8 heteroatoms. The van der Waals surface area contributed by atoms with Crippen molar-refractivity contribution < 1.29 is 9.29 Å². The molecule has 31 heavy (non-hydrogen) atoms. The fourth-order valence-corrected chi connectivity index (χ4v) is 6.79. The number of piperazine rings is 1. The summed E-state index contributed by atoms with van der Waals surface area (Å²) < 4.78 is 18.2. The summed E-state index contributed by atoms with van der Waals surface area (Å²) >= 11 is -1.00.